The van der Waals surface area contributed by atoms with Gasteiger partial charge in [-0.2, -0.15) is 0 Å². The first-order chi connectivity index (χ1) is 13.5. The van der Waals surface area contributed by atoms with Crippen LogP contribution in [0.25, 0.3) is 11.1 Å². The summed E-state index contributed by atoms with van der Waals surface area (Å²) < 4.78 is 0. The highest BCUT2D eigenvalue weighted by atomic mass is 16.2. The highest BCUT2D eigenvalue weighted by Gasteiger charge is 2.32. The van der Waals surface area contributed by atoms with E-state index in [0.717, 1.165) is 42.1 Å². The lowest BCUT2D eigenvalue weighted by atomic mass is 9.96. The summed E-state index contributed by atoms with van der Waals surface area (Å²) in [7, 11) is 0. The summed E-state index contributed by atoms with van der Waals surface area (Å²) in [6.45, 7) is 11.3. The Bertz CT molecular complexity index is 922. The average molecular weight is 380 g/mol. The van der Waals surface area contributed by atoms with E-state index < -0.39 is 0 Å². The number of para-hydroxylation sites is 1. The molecule has 6 nitrogen and oxygen atoms in total. The van der Waals surface area contributed by atoms with Gasteiger partial charge in [-0.1, -0.05) is 32.0 Å². The second kappa shape index (κ2) is 8.44. The van der Waals surface area contributed by atoms with Crippen molar-refractivity contribution < 1.29 is 9.59 Å². The molecule has 2 amide bonds. The van der Waals surface area contributed by atoms with Gasteiger partial charge in [0, 0.05) is 30.0 Å². The maximum absolute atomic E-state index is 13.2. The van der Waals surface area contributed by atoms with Crippen LogP contribution in [0.5, 0.6) is 0 Å². The molecule has 1 aromatic heterocycles. The summed E-state index contributed by atoms with van der Waals surface area (Å²) in [4.78, 5) is 31.5. The zero-order valence-electron chi connectivity index (χ0n) is 17.0. The van der Waals surface area contributed by atoms with Crippen molar-refractivity contribution in [3.8, 4) is 0 Å². The number of rotatable bonds is 7. The van der Waals surface area contributed by atoms with Gasteiger partial charge in [0.05, 0.1) is 16.8 Å². The minimum atomic E-state index is -0.248. The van der Waals surface area contributed by atoms with Crippen LogP contribution in [-0.4, -0.2) is 47.9 Å². The molecule has 0 radical (unpaired) electrons. The molecule has 3 N–H and O–H groups in total. The Balaban J connectivity index is 2.01. The van der Waals surface area contributed by atoms with Crippen LogP contribution in [0.1, 0.15) is 36.4 Å². The molecular formula is C22H28N4O2. The maximum Gasteiger partial charge on any atom is 0.257 e. The molecule has 0 aliphatic carbocycles. The Kier molecular flexibility index (Phi) is 5.99. The van der Waals surface area contributed by atoms with Crippen LogP contribution >= 0.6 is 0 Å². The van der Waals surface area contributed by atoms with Crippen molar-refractivity contribution in [2.75, 3.05) is 31.5 Å². The van der Waals surface area contributed by atoms with E-state index in [9.17, 15) is 9.59 Å². The van der Waals surface area contributed by atoms with Gasteiger partial charge >= 0.3 is 0 Å². The number of carbonyl (C=O) groups excluding carboxylic acids is 2. The van der Waals surface area contributed by atoms with Crippen LogP contribution in [0, 0.1) is 13.8 Å². The van der Waals surface area contributed by atoms with Crippen molar-refractivity contribution in [1.82, 2.24) is 15.2 Å². The van der Waals surface area contributed by atoms with Crippen molar-refractivity contribution >= 4 is 28.6 Å². The van der Waals surface area contributed by atoms with Crippen LogP contribution in [0.3, 0.4) is 0 Å². The number of nitrogens with zero attached hydrogens (tertiary/aromatic N) is 1. The molecule has 0 unspecified atom stereocenters. The predicted octanol–water partition coefficient (Wildman–Crippen LogP) is 2.95. The molecule has 0 spiro atoms. The van der Waals surface area contributed by atoms with Gasteiger partial charge in [0.2, 0.25) is 0 Å². The van der Waals surface area contributed by atoms with Gasteiger partial charge in [-0.15, -0.1) is 0 Å². The first kappa shape index (κ1) is 19.9. The number of aromatic nitrogens is 1. The molecule has 148 valence electrons. The number of nitrogens with one attached hydrogen (secondary N) is 3. The van der Waals surface area contributed by atoms with Gasteiger partial charge in [0.15, 0.2) is 0 Å². The summed E-state index contributed by atoms with van der Waals surface area (Å²) in [5, 5.41) is 5.88. The molecule has 0 saturated heterocycles. The van der Waals surface area contributed by atoms with E-state index in [1.165, 1.54) is 0 Å². The summed E-state index contributed by atoms with van der Waals surface area (Å²) >= 11 is 0. The lowest BCUT2D eigenvalue weighted by Gasteiger charge is -2.18. The molecule has 0 atom stereocenters. The highest BCUT2D eigenvalue weighted by Crippen LogP contribution is 2.37. The van der Waals surface area contributed by atoms with E-state index >= 15 is 0 Å². The quantitative estimate of drug-likeness (QED) is 0.647. The molecule has 2 heterocycles. The largest absolute Gasteiger partial charge is 0.358 e. The van der Waals surface area contributed by atoms with E-state index in [2.05, 4.69) is 34.4 Å². The van der Waals surface area contributed by atoms with Crippen molar-refractivity contribution in [2.45, 2.75) is 27.7 Å². The SMILES string of the molecule is CCN(CC)CCNC(=O)/C(=C1/C(=O)Nc2ccccc21)c1[nH]c(C)cc1C. The van der Waals surface area contributed by atoms with Crippen LogP contribution in [0.15, 0.2) is 30.3 Å². The van der Waals surface area contributed by atoms with Gasteiger partial charge in [-0.25, -0.2) is 0 Å². The number of hydrogen-bond acceptors (Lipinski definition) is 3. The van der Waals surface area contributed by atoms with Crippen molar-refractivity contribution in [2.24, 2.45) is 0 Å². The third-order valence-electron chi connectivity index (χ3n) is 5.16. The predicted molar refractivity (Wildman–Crippen MR) is 113 cm³/mol. The van der Waals surface area contributed by atoms with Gasteiger partial charge in [-0.3, -0.25) is 9.59 Å². The highest BCUT2D eigenvalue weighted by molar-refractivity contribution is 6.45. The van der Waals surface area contributed by atoms with Crippen LogP contribution in [0.2, 0.25) is 0 Å². The Hall–Kier alpha value is -2.86. The number of anilines is 1. The monoisotopic (exact) mass is 380 g/mol. The second-order valence-electron chi connectivity index (χ2n) is 7.04. The number of aryl methyl sites for hydroxylation is 2. The number of H-pyrrole nitrogens is 1. The number of fused-ring (bicyclic) bond motifs is 1. The minimum Gasteiger partial charge on any atom is -0.358 e. The molecule has 1 aromatic carbocycles. The van der Waals surface area contributed by atoms with Gasteiger partial charge in [-0.05, 0) is 44.6 Å². The third-order valence-corrected chi connectivity index (χ3v) is 5.16. The minimum absolute atomic E-state index is 0.237. The summed E-state index contributed by atoms with van der Waals surface area (Å²) in [6.07, 6.45) is 0. The number of likely N-dealkylation sites (N-methyl/N-ethyl adjacent to an activating group) is 1. The molecule has 0 saturated carbocycles. The average Bonchev–Trinajstić information content (AvgIpc) is 3.18. The number of benzene rings is 1. The van der Waals surface area contributed by atoms with Gasteiger partial charge < -0.3 is 20.5 Å². The first-order valence-electron chi connectivity index (χ1n) is 9.78. The Labute approximate surface area is 166 Å². The van der Waals surface area contributed by atoms with Crippen LogP contribution < -0.4 is 10.6 Å². The van der Waals surface area contributed by atoms with E-state index in [0.29, 0.717) is 23.4 Å². The maximum atomic E-state index is 13.2. The Morgan fingerprint density at radius 1 is 1.14 bits per heavy atom. The topological polar surface area (TPSA) is 77.2 Å². The molecule has 1 aliphatic rings. The van der Waals surface area contributed by atoms with Crippen LogP contribution in [-0.2, 0) is 9.59 Å². The Morgan fingerprint density at radius 3 is 2.50 bits per heavy atom. The molecule has 1 aliphatic heterocycles. The molecule has 3 rings (SSSR count). The third kappa shape index (κ3) is 3.87. The van der Waals surface area contributed by atoms with E-state index in [-0.39, 0.29) is 11.8 Å². The second-order valence-corrected chi connectivity index (χ2v) is 7.04. The summed E-state index contributed by atoms with van der Waals surface area (Å²) in [5.74, 6) is -0.485. The molecule has 0 fully saturated rings. The van der Waals surface area contributed by atoms with E-state index in [4.69, 9.17) is 0 Å². The fourth-order valence-electron chi connectivity index (χ4n) is 3.66. The summed E-state index contributed by atoms with van der Waals surface area (Å²) in [6, 6.07) is 9.45. The Morgan fingerprint density at radius 2 is 1.86 bits per heavy atom. The normalized spacial score (nSPS) is 14.8. The standard InChI is InChI=1S/C22H28N4O2/c1-5-26(6-2)12-11-23-21(27)19(20-14(3)13-15(4)24-20)18-16-9-7-8-10-17(16)25-22(18)28/h7-10,13,24H,5-6,11-12H2,1-4H3,(H,23,27)(H,25,28)/b19-18+. The lowest BCUT2D eigenvalue weighted by molar-refractivity contribution is -0.116. The molecule has 28 heavy (non-hydrogen) atoms. The van der Waals surface area contributed by atoms with Gasteiger partial charge in [0.25, 0.3) is 11.8 Å². The number of amides is 2. The van der Waals surface area contributed by atoms with Gasteiger partial charge in [0.1, 0.15) is 0 Å². The molecule has 6 heteroatoms. The smallest absolute Gasteiger partial charge is 0.257 e. The lowest BCUT2D eigenvalue weighted by Crippen LogP contribution is -2.35. The van der Waals surface area contributed by atoms with E-state index in [1.807, 2.05) is 44.2 Å². The number of aromatic amines is 1. The zero-order chi connectivity index (χ0) is 20.3. The van der Waals surface area contributed by atoms with E-state index in [1.54, 1.807) is 0 Å². The molecule has 2 aromatic rings. The zero-order valence-corrected chi connectivity index (χ0v) is 17.0. The number of hydrogen-bond donors (Lipinski definition) is 3. The fraction of sp³-hybridized carbons (Fsp3) is 0.364. The summed E-state index contributed by atoms with van der Waals surface area (Å²) in [5.41, 5.74) is 4.89. The van der Waals surface area contributed by atoms with Crippen molar-refractivity contribution in [3.05, 3.63) is 52.8 Å². The fourth-order valence-corrected chi connectivity index (χ4v) is 3.66. The molecular weight excluding hydrogens is 352 g/mol. The van der Waals surface area contributed by atoms with Crippen molar-refractivity contribution in [3.63, 3.8) is 0 Å². The molecule has 0 bridgehead atoms. The first-order valence-corrected chi connectivity index (χ1v) is 9.78. The van der Waals surface area contributed by atoms with Crippen molar-refractivity contribution in [1.29, 1.82) is 0 Å². The van der Waals surface area contributed by atoms with Crippen LogP contribution in [0.4, 0.5) is 5.69 Å². The number of carbonyl (C=O) groups is 2.